The molecule has 5 heteroatoms. The molecular formula is C16H21N5. The second-order valence-electron chi connectivity index (χ2n) is 5.62. The predicted octanol–water partition coefficient (Wildman–Crippen LogP) is 1.97. The molecule has 1 aliphatic heterocycles. The second kappa shape index (κ2) is 5.24. The molecule has 0 atom stereocenters. The topological polar surface area (TPSA) is 70.9 Å². The van der Waals surface area contributed by atoms with E-state index in [1.54, 1.807) is 0 Å². The molecule has 0 amide bonds. The number of nitrogen functional groups attached to an aromatic ring is 1. The van der Waals surface area contributed by atoms with Gasteiger partial charge >= 0.3 is 0 Å². The number of hydrogen-bond donors (Lipinski definition) is 2. The summed E-state index contributed by atoms with van der Waals surface area (Å²) in [7, 11) is 1.92. The van der Waals surface area contributed by atoms with Crippen LogP contribution in [0.5, 0.6) is 0 Å². The maximum atomic E-state index is 7.85. The van der Waals surface area contributed by atoms with Gasteiger partial charge in [0, 0.05) is 20.1 Å². The Bertz CT molecular complexity index is 686. The predicted molar refractivity (Wildman–Crippen MR) is 84.8 cm³/mol. The van der Waals surface area contributed by atoms with Gasteiger partial charge in [-0.1, -0.05) is 24.3 Å². The smallest absolute Gasteiger partial charge is 0.138 e. The van der Waals surface area contributed by atoms with Gasteiger partial charge < -0.3 is 10.6 Å². The maximum Gasteiger partial charge on any atom is 0.138 e. The van der Waals surface area contributed by atoms with Crippen LogP contribution in [0.3, 0.4) is 0 Å². The molecule has 0 saturated heterocycles. The summed E-state index contributed by atoms with van der Waals surface area (Å²) in [4.78, 5) is 2.29. The zero-order valence-electron chi connectivity index (χ0n) is 12.6. The summed E-state index contributed by atoms with van der Waals surface area (Å²) in [6.07, 6.45) is 2.19. The van der Waals surface area contributed by atoms with E-state index in [1.165, 1.54) is 11.1 Å². The number of hydrogen-bond acceptors (Lipinski definition) is 3. The Morgan fingerprint density at radius 3 is 2.71 bits per heavy atom. The van der Waals surface area contributed by atoms with Crippen LogP contribution < -0.4 is 10.6 Å². The van der Waals surface area contributed by atoms with E-state index in [-0.39, 0.29) is 5.84 Å². The third-order valence-electron chi connectivity index (χ3n) is 4.11. The van der Waals surface area contributed by atoms with Crippen molar-refractivity contribution in [1.82, 2.24) is 9.78 Å². The fourth-order valence-electron chi connectivity index (χ4n) is 3.21. The lowest BCUT2D eigenvalue weighted by atomic mass is 10.0. The molecule has 0 unspecified atom stereocenters. The van der Waals surface area contributed by atoms with E-state index in [4.69, 9.17) is 11.1 Å². The number of nitrogens with one attached hydrogen (secondary N) is 1. The van der Waals surface area contributed by atoms with Gasteiger partial charge in [0.15, 0.2) is 0 Å². The molecule has 1 aliphatic rings. The third-order valence-corrected chi connectivity index (χ3v) is 4.11. The van der Waals surface area contributed by atoms with Gasteiger partial charge in [0.05, 0.1) is 11.3 Å². The third kappa shape index (κ3) is 2.39. The molecule has 0 radical (unpaired) electrons. The number of nitrogens with zero attached hydrogens (tertiary/aromatic N) is 3. The minimum atomic E-state index is 0.0909. The number of benzene rings is 1. The minimum absolute atomic E-state index is 0.0909. The highest BCUT2D eigenvalue weighted by atomic mass is 15.4. The van der Waals surface area contributed by atoms with Crippen molar-refractivity contribution < 1.29 is 0 Å². The summed E-state index contributed by atoms with van der Waals surface area (Å²) in [6.45, 7) is 3.70. The van der Waals surface area contributed by atoms with Crippen molar-refractivity contribution in [2.24, 2.45) is 12.8 Å². The van der Waals surface area contributed by atoms with Gasteiger partial charge in [0.2, 0.25) is 0 Å². The Morgan fingerprint density at radius 1 is 1.29 bits per heavy atom. The number of aryl methyl sites for hydroxylation is 3. The number of rotatable bonds is 2. The monoisotopic (exact) mass is 283 g/mol. The van der Waals surface area contributed by atoms with Crippen LogP contribution >= 0.6 is 0 Å². The Balaban J connectivity index is 2.04. The van der Waals surface area contributed by atoms with Crippen molar-refractivity contribution in [2.75, 3.05) is 11.4 Å². The number of anilines is 1. The number of fused-ring (bicyclic) bond motifs is 1. The molecule has 0 aliphatic carbocycles. The van der Waals surface area contributed by atoms with Crippen LogP contribution in [-0.4, -0.2) is 22.2 Å². The van der Waals surface area contributed by atoms with E-state index in [2.05, 4.69) is 34.3 Å². The SMILES string of the molecule is Cc1nn(C)c(N2CCCc3ccccc3C2)c1C(=N)N. The molecule has 1 aromatic heterocycles. The summed E-state index contributed by atoms with van der Waals surface area (Å²) >= 11 is 0. The van der Waals surface area contributed by atoms with Gasteiger partial charge in [-0.25, -0.2) is 0 Å². The molecule has 2 heterocycles. The van der Waals surface area contributed by atoms with E-state index in [0.29, 0.717) is 0 Å². The summed E-state index contributed by atoms with van der Waals surface area (Å²) in [5, 5.41) is 12.3. The number of nitrogens with two attached hydrogens (primary N) is 1. The summed E-state index contributed by atoms with van der Waals surface area (Å²) in [6, 6.07) is 8.58. The molecule has 0 fully saturated rings. The number of aromatic nitrogens is 2. The highest BCUT2D eigenvalue weighted by Crippen LogP contribution is 2.28. The first-order valence-electron chi connectivity index (χ1n) is 7.27. The average molecular weight is 283 g/mol. The van der Waals surface area contributed by atoms with Crippen LogP contribution in [0, 0.1) is 12.3 Å². The molecule has 0 bridgehead atoms. The van der Waals surface area contributed by atoms with Gasteiger partial charge in [-0.05, 0) is 30.9 Å². The maximum absolute atomic E-state index is 7.85. The minimum Gasteiger partial charge on any atom is -0.384 e. The van der Waals surface area contributed by atoms with Crippen LogP contribution in [0.15, 0.2) is 24.3 Å². The highest BCUT2D eigenvalue weighted by molar-refractivity contribution is 6.00. The largest absolute Gasteiger partial charge is 0.384 e. The number of amidine groups is 1. The molecule has 5 nitrogen and oxygen atoms in total. The summed E-state index contributed by atoms with van der Waals surface area (Å²) in [5.41, 5.74) is 10.1. The summed E-state index contributed by atoms with van der Waals surface area (Å²) in [5.74, 6) is 1.05. The van der Waals surface area contributed by atoms with Crippen molar-refractivity contribution in [2.45, 2.75) is 26.3 Å². The van der Waals surface area contributed by atoms with Gasteiger partial charge in [-0.15, -0.1) is 0 Å². The van der Waals surface area contributed by atoms with Crippen LogP contribution in [-0.2, 0) is 20.0 Å². The van der Waals surface area contributed by atoms with Gasteiger partial charge in [-0.2, -0.15) is 5.10 Å². The Labute approximate surface area is 124 Å². The lowest BCUT2D eigenvalue weighted by Crippen LogP contribution is -2.28. The van der Waals surface area contributed by atoms with E-state index >= 15 is 0 Å². The van der Waals surface area contributed by atoms with Gasteiger partial charge in [0.1, 0.15) is 11.7 Å². The molecular weight excluding hydrogens is 262 g/mol. The van der Waals surface area contributed by atoms with Crippen LogP contribution in [0.1, 0.15) is 28.8 Å². The van der Waals surface area contributed by atoms with Crippen molar-refractivity contribution >= 4 is 11.7 Å². The molecule has 0 spiro atoms. The standard InChI is InChI=1S/C16H21N5/c1-11-14(15(17)18)16(20(2)19-11)21-9-5-8-12-6-3-4-7-13(12)10-21/h3-4,6-7H,5,8-10H2,1-2H3,(H3,17,18). The van der Waals surface area contributed by atoms with Crippen molar-refractivity contribution in [3.63, 3.8) is 0 Å². The molecule has 1 aromatic carbocycles. The normalized spacial score (nSPS) is 14.7. The first-order valence-corrected chi connectivity index (χ1v) is 7.27. The van der Waals surface area contributed by atoms with Crippen molar-refractivity contribution in [1.29, 1.82) is 5.41 Å². The Kier molecular flexibility index (Phi) is 3.41. The molecule has 21 heavy (non-hydrogen) atoms. The zero-order chi connectivity index (χ0) is 15.0. The van der Waals surface area contributed by atoms with Crippen molar-refractivity contribution in [3.05, 3.63) is 46.6 Å². The lowest BCUT2D eigenvalue weighted by Gasteiger charge is -2.24. The quantitative estimate of drug-likeness (QED) is 0.654. The zero-order valence-corrected chi connectivity index (χ0v) is 12.6. The fraction of sp³-hybridized carbons (Fsp3) is 0.375. The van der Waals surface area contributed by atoms with Crippen LogP contribution in [0.2, 0.25) is 0 Å². The summed E-state index contributed by atoms with van der Waals surface area (Å²) < 4.78 is 1.85. The first-order chi connectivity index (χ1) is 10.1. The van der Waals surface area contributed by atoms with Crippen LogP contribution in [0.25, 0.3) is 0 Å². The highest BCUT2D eigenvalue weighted by Gasteiger charge is 2.23. The Hall–Kier alpha value is -2.30. The van der Waals surface area contributed by atoms with Crippen LogP contribution in [0.4, 0.5) is 5.82 Å². The Morgan fingerprint density at radius 2 is 2.00 bits per heavy atom. The van der Waals surface area contributed by atoms with Gasteiger partial charge in [-0.3, -0.25) is 10.1 Å². The lowest BCUT2D eigenvalue weighted by molar-refractivity contribution is 0.687. The molecule has 3 N–H and O–H groups in total. The van der Waals surface area contributed by atoms with E-state index < -0.39 is 0 Å². The van der Waals surface area contributed by atoms with Gasteiger partial charge in [0.25, 0.3) is 0 Å². The van der Waals surface area contributed by atoms with E-state index in [0.717, 1.165) is 43.0 Å². The van der Waals surface area contributed by atoms with E-state index in [9.17, 15) is 0 Å². The van der Waals surface area contributed by atoms with Crippen molar-refractivity contribution in [3.8, 4) is 0 Å². The molecule has 110 valence electrons. The second-order valence-corrected chi connectivity index (χ2v) is 5.62. The average Bonchev–Trinajstić information content (AvgIpc) is 2.62. The van der Waals surface area contributed by atoms with E-state index in [1.807, 2.05) is 18.7 Å². The molecule has 2 aromatic rings. The fourth-order valence-corrected chi connectivity index (χ4v) is 3.21. The molecule has 0 saturated carbocycles. The first kappa shape index (κ1) is 13.7. The molecule has 3 rings (SSSR count).